The average molecular weight is 297 g/mol. The van der Waals surface area contributed by atoms with Crippen LogP contribution in [0, 0.1) is 6.92 Å². The van der Waals surface area contributed by atoms with Crippen LogP contribution in [-0.2, 0) is 0 Å². The molecule has 3 nitrogen and oxygen atoms in total. The number of rotatable bonds is 2. The number of anilines is 1. The zero-order valence-electron chi connectivity index (χ0n) is 11.4. The summed E-state index contributed by atoms with van der Waals surface area (Å²) in [6.07, 6.45) is 0. The summed E-state index contributed by atoms with van der Waals surface area (Å²) in [5.74, 6) is -0.226. The van der Waals surface area contributed by atoms with Gasteiger partial charge in [-0.15, -0.1) is 0 Å². The number of carbonyl (C=O) groups is 1. The molecule has 1 heterocycles. The Labute approximate surface area is 127 Å². The van der Waals surface area contributed by atoms with Gasteiger partial charge in [0.1, 0.15) is 0 Å². The largest absolute Gasteiger partial charge is 0.321 e. The smallest absolute Gasteiger partial charge is 0.257 e. The maximum atomic E-state index is 12.4. The van der Waals surface area contributed by atoms with Gasteiger partial charge in [0.2, 0.25) is 0 Å². The van der Waals surface area contributed by atoms with E-state index in [4.69, 9.17) is 11.6 Å². The number of pyridine rings is 1. The van der Waals surface area contributed by atoms with Crippen molar-refractivity contribution in [1.82, 2.24) is 4.98 Å². The van der Waals surface area contributed by atoms with Crippen LogP contribution in [0.2, 0.25) is 5.02 Å². The third-order valence-electron chi connectivity index (χ3n) is 3.21. The molecule has 0 saturated heterocycles. The molecule has 1 aromatic heterocycles. The third-order valence-corrected chi connectivity index (χ3v) is 3.54. The molecule has 0 atom stereocenters. The number of fused-ring (bicyclic) bond motifs is 1. The van der Waals surface area contributed by atoms with Gasteiger partial charge in [-0.3, -0.25) is 9.78 Å². The fourth-order valence-electron chi connectivity index (χ4n) is 2.25. The van der Waals surface area contributed by atoms with Crippen LogP contribution in [0.3, 0.4) is 0 Å². The van der Waals surface area contributed by atoms with Crippen LogP contribution in [0.15, 0.2) is 54.6 Å². The van der Waals surface area contributed by atoms with Gasteiger partial charge >= 0.3 is 0 Å². The average Bonchev–Trinajstić information content (AvgIpc) is 2.47. The molecule has 1 amide bonds. The lowest BCUT2D eigenvalue weighted by Crippen LogP contribution is -2.13. The summed E-state index contributed by atoms with van der Waals surface area (Å²) in [4.78, 5) is 16.8. The van der Waals surface area contributed by atoms with Crippen LogP contribution >= 0.6 is 11.6 Å². The maximum Gasteiger partial charge on any atom is 0.257 e. The normalized spacial score (nSPS) is 10.6. The molecule has 0 fully saturated rings. The maximum absolute atomic E-state index is 12.4. The van der Waals surface area contributed by atoms with Crippen LogP contribution in [0.25, 0.3) is 10.9 Å². The molecule has 0 unspecified atom stereocenters. The molecule has 0 spiro atoms. The Hall–Kier alpha value is -2.39. The Bertz CT molecular complexity index is 830. The molecule has 4 heteroatoms. The molecule has 104 valence electrons. The van der Waals surface area contributed by atoms with Crippen molar-refractivity contribution in [3.8, 4) is 0 Å². The summed E-state index contributed by atoms with van der Waals surface area (Å²) in [6.45, 7) is 1.90. The minimum Gasteiger partial charge on any atom is -0.321 e. The van der Waals surface area contributed by atoms with Crippen molar-refractivity contribution in [2.24, 2.45) is 0 Å². The third kappa shape index (κ3) is 2.73. The monoisotopic (exact) mass is 296 g/mol. The van der Waals surface area contributed by atoms with E-state index in [0.29, 0.717) is 10.6 Å². The van der Waals surface area contributed by atoms with Crippen molar-refractivity contribution in [3.63, 3.8) is 0 Å². The van der Waals surface area contributed by atoms with Crippen LogP contribution in [0.4, 0.5) is 5.69 Å². The zero-order valence-corrected chi connectivity index (χ0v) is 12.2. The zero-order chi connectivity index (χ0) is 14.8. The van der Waals surface area contributed by atoms with E-state index in [1.165, 1.54) is 0 Å². The minimum absolute atomic E-state index is 0.226. The first-order valence-corrected chi connectivity index (χ1v) is 6.95. The van der Waals surface area contributed by atoms with Gasteiger partial charge in [-0.05, 0) is 31.2 Å². The van der Waals surface area contributed by atoms with E-state index in [1.807, 2.05) is 37.3 Å². The first-order valence-electron chi connectivity index (χ1n) is 6.57. The summed E-state index contributed by atoms with van der Waals surface area (Å²) < 4.78 is 0. The second-order valence-corrected chi connectivity index (χ2v) is 5.17. The number of nitrogens with one attached hydrogen (secondary N) is 1. The number of nitrogens with zero attached hydrogens (tertiary/aromatic N) is 1. The molecule has 3 rings (SSSR count). The van der Waals surface area contributed by atoms with Gasteiger partial charge in [0.25, 0.3) is 5.91 Å². The quantitative estimate of drug-likeness (QED) is 0.759. The molecule has 1 N–H and O–H groups in total. The van der Waals surface area contributed by atoms with Crippen molar-refractivity contribution < 1.29 is 4.79 Å². The van der Waals surface area contributed by atoms with E-state index in [-0.39, 0.29) is 5.91 Å². The Kier molecular flexibility index (Phi) is 3.59. The number of amides is 1. The highest BCUT2D eigenvalue weighted by atomic mass is 35.5. The van der Waals surface area contributed by atoms with E-state index in [0.717, 1.165) is 22.3 Å². The summed E-state index contributed by atoms with van der Waals surface area (Å²) in [5, 5.41) is 4.26. The molecule has 0 bridgehead atoms. The van der Waals surface area contributed by atoms with Crippen molar-refractivity contribution in [1.29, 1.82) is 0 Å². The second-order valence-electron chi connectivity index (χ2n) is 4.76. The van der Waals surface area contributed by atoms with Gasteiger partial charge in [0.05, 0.1) is 21.8 Å². The first kappa shape index (κ1) is 13.6. The number of aryl methyl sites for hydroxylation is 1. The number of halogens is 1. The molecule has 0 aliphatic heterocycles. The number of aromatic nitrogens is 1. The fourth-order valence-corrected chi connectivity index (χ4v) is 2.47. The molecular weight excluding hydrogens is 284 g/mol. The molecule has 3 aromatic rings. The van der Waals surface area contributed by atoms with Gasteiger partial charge < -0.3 is 5.32 Å². The van der Waals surface area contributed by atoms with Crippen molar-refractivity contribution in [3.05, 3.63) is 70.9 Å². The predicted molar refractivity (Wildman–Crippen MR) is 85.9 cm³/mol. The summed E-state index contributed by atoms with van der Waals surface area (Å²) in [5.41, 5.74) is 2.90. The molecule has 21 heavy (non-hydrogen) atoms. The summed E-state index contributed by atoms with van der Waals surface area (Å²) >= 11 is 6.06. The van der Waals surface area contributed by atoms with E-state index in [1.54, 1.807) is 24.3 Å². The Morgan fingerprint density at radius 3 is 2.62 bits per heavy atom. The SMILES string of the molecule is Cc1cc(NC(=O)c2ccccc2Cl)c2ccccc2n1. The fraction of sp³-hybridized carbons (Fsp3) is 0.0588. The Morgan fingerprint density at radius 1 is 1.10 bits per heavy atom. The summed E-state index contributed by atoms with van der Waals surface area (Å²) in [7, 11) is 0. The van der Waals surface area contributed by atoms with Crippen LogP contribution in [0.1, 0.15) is 16.1 Å². The van der Waals surface area contributed by atoms with E-state index in [9.17, 15) is 4.79 Å². The topological polar surface area (TPSA) is 42.0 Å². The number of hydrogen-bond acceptors (Lipinski definition) is 2. The lowest BCUT2D eigenvalue weighted by atomic mass is 10.1. The molecular formula is C17H13ClN2O. The molecule has 0 radical (unpaired) electrons. The van der Waals surface area contributed by atoms with Crippen molar-refractivity contribution >= 4 is 34.1 Å². The standard InChI is InChI=1S/C17H13ClN2O/c1-11-10-16(13-7-3-5-9-15(13)19-11)20-17(21)12-6-2-4-8-14(12)18/h2-10H,1H3,(H,19,20,21). The molecule has 2 aromatic carbocycles. The molecule has 0 saturated carbocycles. The second kappa shape index (κ2) is 5.54. The number of benzene rings is 2. The van der Waals surface area contributed by atoms with Gasteiger partial charge in [0.15, 0.2) is 0 Å². The van der Waals surface area contributed by atoms with Gasteiger partial charge in [-0.1, -0.05) is 41.9 Å². The van der Waals surface area contributed by atoms with E-state index >= 15 is 0 Å². The van der Waals surface area contributed by atoms with Crippen LogP contribution in [0.5, 0.6) is 0 Å². The highest BCUT2D eigenvalue weighted by Gasteiger charge is 2.12. The lowest BCUT2D eigenvalue weighted by Gasteiger charge is -2.10. The summed E-state index contributed by atoms with van der Waals surface area (Å²) in [6, 6.07) is 16.6. The van der Waals surface area contributed by atoms with Crippen molar-refractivity contribution in [2.45, 2.75) is 6.92 Å². The highest BCUT2D eigenvalue weighted by Crippen LogP contribution is 2.24. The predicted octanol–water partition coefficient (Wildman–Crippen LogP) is 4.45. The lowest BCUT2D eigenvalue weighted by molar-refractivity contribution is 0.102. The molecule has 0 aliphatic rings. The number of hydrogen-bond donors (Lipinski definition) is 1. The number of carbonyl (C=O) groups excluding carboxylic acids is 1. The van der Waals surface area contributed by atoms with E-state index < -0.39 is 0 Å². The number of para-hydroxylation sites is 1. The van der Waals surface area contributed by atoms with Crippen LogP contribution in [-0.4, -0.2) is 10.9 Å². The Balaban J connectivity index is 2.02. The van der Waals surface area contributed by atoms with Gasteiger partial charge in [0, 0.05) is 11.1 Å². The Morgan fingerprint density at radius 2 is 1.81 bits per heavy atom. The van der Waals surface area contributed by atoms with Crippen molar-refractivity contribution in [2.75, 3.05) is 5.32 Å². The highest BCUT2D eigenvalue weighted by molar-refractivity contribution is 6.34. The van der Waals surface area contributed by atoms with Gasteiger partial charge in [-0.2, -0.15) is 0 Å². The van der Waals surface area contributed by atoms with E-state index in [2.05, 4.69) is 10.3 Å². The van der Waals surface area contributed by atoms with Gasteiger partial charge in [-0.25, -0.2) is 0 Å². The van der Waals surface area contributed by atoms with Crippen LogP contribution < -0.4 is 5.32 Å². The molecule has 0 aliphatic carbocycles. The minimum atomic E-state index is -0.226. The first-order chi connectivity index (χ1) is 10.1.